The second-order valence-electron chi connectivity index (χ2n) is 3.64. The molecule has 94 valence electrons. The molecule has 1 amide bonds. The fraction of sp³-hybridized carbons (Fsp3) is 0.818. The molecule has 0 atom stereocenters. The molecule has 0 fully saturated rings. The second-order valence-corrected chi connectivity index (χ2v) is 4.43. The number of methoxy groups -OCH3 is 1. The first kappa shape index (κ1) is 15.4. The van der Waals surface area contributed by atoms with Crippen LogP contribution < -0.4 is 0 Å². The maximum atomic E-state index is 11.6. The first-order valence-corrected chi connectivity index (χ1v) is 6.60. The third-order valence-electron chi connectivity index (χ3n) is 2.30. The van der Waals surface area contributed by atoms with Crippen LogP contribution in [0.25, 0.3) is 0 Å². The monoisotopic (exact) mass is 293 g/mol. The highest BCUT2D eigenvalue weighted by atomic mass is 79.9. The zero-order valence-electron chi connectivity index (χ0n) is 10.00. The fourth-order valence-corrected chi connectivity index (χ4v) is 1.65. The summed E-state index contributed by atoms with van der Waals surface area (Å²) in [5.41, 5.74) is 0. The number of rotatable bonds is 8. The van der Waals surface area contributed by atoms with Crippen molar-refractivity contribution in [2.45, 2.75) is 32.1 Å². The minimum absolute atomic E-state index is 0.144. The van der Waals surface area contributed by atoms with E-state index >= 15 is 0 Å². The molecule has 0 heterocycles. The van der Waals surface area contributed by atoms with E-state index in [-0.39, 0.29) is 11.9 Å². The second kappa shape index (κ2) is 9.63. The van der Waals surface area contributed by atoms with Crippen molar-refractivity contribution in [1.82, 2.24) is 4.90 Å². The lowest BCUT2D eigenvalue weighted by atomic mass is 10.2. The predicted octanol–water partition coefficient (Wildman–Crippen LogP) is 1.96. The smallest absolute Gasteiger partial charge is 0.305 e. The van der Waals surface area contributed by atoms with Gasteiger partial charge in [-0.3, -0.25) is 9.59 Å². The summed E-state index contributed by atoms with van der Waals surface area (Å²) < 4.78 is 4.52. The third-order valence-corrected chi connectivity index (χ3v) is 2.86. The molecule has 16 heavy (non-hydrogen) atoms. The molecule has 0 aliphatic heterocycles. The Labute approximate surface area is 105 Å². The standard InChI is InChI=1S/C11H20BrNO3/c1-13(9-5-7-11(15)16-2)10(14)6-3-4-8-12/h3-9H2,1-2H3. The van der Waals surface area contributed by atoms with Gasteiger partial charge in [-0.2, -0.15) is 0 Å². The number of carbonyl (C=O) groups excluding carboxylic acids is 2. The molecule has 0 rings (SSSR count). The molecule has 0 aromatic heterocycles. The summed E-state index contributed by atoms with van der Waals surface area (Å²) in [6.45, 7) is 0.613. The minimum Gasteiger partial charge on any atom is -0.469 e. The Bertz CT molecular complexity index is 221. The lowest BCUT2D eigenvalue weighted by Crippen LogP contribution is -2.27. The van der Waals surface area contributed by atoms with Gasteiger partial charge in [-0.05, 0) is 19.3 Å². The van der Waals surface area contributed by atoms with Gasteiger partial charge in [0.15, 0.2) is 0 Å². The van der Waals surface area contributed by atoms with E-state index in [0.717, 1.165) is 18.2 Å². The molecule has 0 aromatic rings. The van der Waals surface area contributed by atoms with Crippen LogP contribution >= 0.6 is 15.9 Å². The summed E-state index contributed by atoms with van der Waals surface area (Å²) in [7, 11) is 3.14. The van der Waals surface area contributed by atoms with Crippen LogP contribution in [0, 0.1) is 0 Å². The van der Waals surface area contributed by atoms with Crippen molar-refractivity contribution in [1.29, 1.82) is 0 Å². The number of ether oxygens (including phenoxy) is 1. The van der Waals surface area contributed by atoms with Gasteiger partial charge in [0, 0.05) is 31.8 Å². The average Bonchev–Trinajstić information content (AvgIpc) is 2.28. The molecule has 0 aliphatic rings. The van der Waals surface area contributed by atoms with Crippen LogP contribution in [0.3, 0.4) is 0 Å². The topological polar surface area (TPSA) is 46.6 Å². The fourth-order valence-electron chi connectivity index (χ4n) is 1.25. The van der Waals surface area contributed by atoms with E-state index in [1.807, 2.05) is 0 Å². The number of carbonyl (C=O) groups is 2. The predicted molar refractivity (Wildman–Crippen MR) is 66.5 cm³/mol. The zero-order valence-corrected chi connectivity index (χ0v) is 11.6. The zero-order chi connectivity index (χ0) is 12.4. The number of alkyl halides is 1. The third kappa shape index (κ3) is 7.68. The van der Waals surface area contributed by atoms with Crippen LogP contribution in [0.15, 0.2) is 0 Å². The van der Waals surface area contributed by atoms with Gasteiger partial charge >= 0.3 is 5.97 Å². The Hall–Kier alpha value is -0.580. The van der Waals surface area contributed by atoms with Crippen LogP contribution in [-0.4, -0.2) is 42.8 Å². The number of esters is 1. The summed E-state index contributed by atoms with van der Waals surface area (Å²) in [5, 5.41) is 0.937. The summed E-state index contributed by atoms with van der Waals surface area (Å²) in [6, 6.07) is 0. The molecule has 0 N–H and O–H groups in total. The minimum atomic E-state index is -0.222. The number of hydrogen-bond donors (Lipinski definition) is 0. The summed E-state index contributed by atoms with van der Waals surface area (Å²) in [4.78, 5) is 24.1. The van der Waals surface area contributed by atoms with Crippen molar-refractivity contribution in [3.05, 3.63) is 0 Å². The van der Waals surface area contributed by atoms with Gasteiger partial charge in [-0.25, -0.2) is 0 Å². The molecule has 0 saturated carbocycles. The van der Waals surface area contributed by atoms with Gasteiger partial charge in [-0.1, -0.05) is 15.9 Å². The van der Waals surface area contributed by atoms with E-state index in [4.69, 9.17) is 0 Å². The van der Waals surface area contributed by atoms with E-state index in [1.165, 1.54) is 7.11 Å². The molecule has 0 bridgehead atoms. The number of halogens is 1. The van der Waals surface area contributed by atoms with Crippen molar-refractivity contribution in [2.24, 2.45) is 0 Å². The molecule has 0 spiro atoms. The normalized spacial score (nSPS) is 9.94. The Kier molecular flexibility index (Phi) is 9.28. The van der Waals surface area contributed by atoms with Crippen molar-refractivity contribution in [3.8, 4) is 0 Å². The SMILES string of the molecule is COC(=O)CCCN(C)C(=O)CCCCBr. The highest BCUT2D eigenvalue weighted by Gasteiger charge is 2.08. The summed E-state index contributed by atoms with van der Waals surface area (Å²) in [5.74, 6) is -0.0778. The van der Waals surface area contributed by atoms with Gasteiger partial charge in [0.25, 0.3) is 0 Å². The Balaban J connectivity index is 3.58. The first-order valence-electron chi connectivity index (χ1n) is 5.48. The van der Waals surface area contributed by atoms with Crippen LogP contribution in [0.4, 0.5) is 0 Å². The molecule has 0 radical (unpaired) electrons. The first-order chi connectivity index (χ1) is 7.61. The van der Waals surface area contributed by atoms with Crippen LogP contribution in [0.1, 0.15) is 32.1 Å². The molecule has 0 saturated heterocycles. The number of amides is 1. The molecule has 4 nitrogen and oxygen atoms in total. The highest BCUT2D eigenvalue weighted by Crippen LogP contribution is 2.03. The van der Waals surface area contributed by atoms with Gasteiger partial charge in [-0.15, -0.1) is 0 Å². The average molecular weight is 294 g/mol. The molecular formula is C11H20BrNO3. The largest absolute Gasteiger partial charge is 0.469 e. The number of nitrogens with zero attached hydrogens (tertiary/aromatic N) is 1. The van der Waals surface area contributed by atoms with Crippen LogP contribution in [-0.2, 0) is 14.3 Å². The lowest BCUT2D eigenvalue weighted by molar-refractivity contribution is -0.141. The van der Waals surface area contributed by atoms with Crippen molar-refractivity contribution in [3.63, 3.8) is 0 Å². The van der Waals surface area contributed by atoms with E-state index in [0.29, 0.717) is 25.8 Å². The highest BCUT2D eigenvalue weighted by molar-refractivity contribution is 9.09. The summed E-state index contributed by atoms with van der Waals surface area (Å²) >= 11 is 3.33. The van der Waals surface area contributed by atoms with Crippen molar-refractivity contribution < 1.29 is 14.3 Å². The maximum absolute atomic E-state index is 11.6. The summed E-state index contributed by atoms with van der Waals surface area (Å²) in [6.07, 6.45) is 3.54. The maximum Gasteiger partial charge on any atom is 0.305 e. The quantitative estimate of drug-likeness (QED) is 0.390. The van der Waals surface area contributed by atoms with Crippen LogP contribution in [0.2, 0.25) is 0 Å². The van der Waals surface area contributed by atoms with E-state index in [2.05, 4.69) is 20.7 Å². The van der Waals surface area contributed by atoms with Gasteiger partial charge in [0.1, 0.15) is 0 Å². The van der Waals surface area contributed by atoms with E-state index in [1.54, 1.807) is 11.9 Å². The lowest BCUT2D eigenvalue weighted by Gasteiger charge is -2.16. The van der Waals surface area contributed by atoms with Gasteiger partial charge < -0.3 is 9.64 Å². The van der Waals surface area contributed by atoms with Gasteiger partial charge in [0.2, 0.25) is 5.91 Å². The number of hydrogen-bond acceptors (Lipinski definition) is 3. The molecule has 0 aromatic carbocycles. The Morgan fingerprint density at radius 3 is 2.44 bits per heavy atom. The van der Waals surface area contributed by atoms with Crippen molar-refractivity contribution in [2.75, 3.05) is 26.0 Å². The molecule has 5 heteroatoms. The molecule has 0 aliphatic carbocycles. The molecular weight excluding hydrogens is 274 g/mol. The van der Waals surface area contributed by atoms with Crippen LogP contribution in [0.5, 0.6) is 0 Å². The van der Waals surface area contributed by atoms with Gasteiger partial charge in [0.05, 0.1) is 7.11 Å². The van der Waals surface area contributed by atoms with E-state index in [9.17, 15) is 9.59 Å². The van der Waals surface area contributed by atoms with E-state index < -0.39 is 0 Å². The molecule has 0 unspecified atom stereocenters. The Morgan fingerprint density at radius 1 is 1.19 bits per heavy atom. The number of unbranched alkanes of at least 4 members (excludes halogenated alkanes) is 1. The van der Waals surface area contributed by atoms with Crippen molar-refractivity contribution >= 4 is 27.8 Å². The Morgan fingerprint density at radius 2 is 1.88 bits per heavy atom.